The van der Waals surface area contributed by atoms with Gasteiger partial charge in [-0.05, 0) is 48.1 Å². The van der Waals surface area contributed by atoms with Gasteiger partial charge in [0, 0.05) is 64.7 Å². The van der Waals surface area contributed by atoms with E-state index in [1.54, 1.807) is 13.2 Å². The van der Waals surface area contributed by atoms with Crippen LogP contribution in [-0.2, 0) is 17.8 Å². The number of hydrogen-bond donors (Lipinski definition) is 1. The zero-order valence-electron chi connectivity index (χ0n) is 20.1. The number of anilines is 1. The van der Waals surface area contributed by atoms with Crippen LogP contribution in [0.3, 0.4) is 0 Å². The average Bonchev–Trinajstić information content (AvgIpc) is 3.21. The first kappa shape index (κ1) is 26.0. The Morgan fingerprint density at radius 3 is 2.59 bits per heavy atom. The van der Waals surface area contributed by atoms with Crippen molar-refractivity contribution in [3.63, 3.8) is 0 Å². The van der Waals surface area contributed by atoms with Gasteiger partial charge in [-0.2, -0.15) is 0 Å². The number of amides is 1. The van der Waals surface area contributed by atoms with Crippen LogP contribution in [0.25, 0.3) is 10.9 Å². The SMILES string of the molecule is COCCn1cc(C(=O)N2CCC(c3cc(CN)ccc3F)CC2)c2c(N(C)C)cccc21.Cl. The van der Waals surface area contributed by atoms with Gasteiger partial charge in [-0.15, -0.1) is 12.4 Å². The normalized spacial score (nSPS) is 14.3. The Morgan fingerprint density at radius 2 is 1.94 bits per heavy atom. The molecule has 4 rings (SSSR count). The van der Waals surface area contributed by atoms with Crippen molar-refractivity contribution in [2.24, 2.45) is 5.73 Å². The fourth-order valence-corrected chi connectivity index (χ4v) is 4.84. The molecule has 0 aliphatic carbocycles. The summed E-state index contributed by atoms with van der Waals surface area (Å²) in [4.78, 5) is 17.6. The predicted octanol–water partition coefficient (Wildman–Crippen LogP) is 4.39. The molecule has 1 aromatic heterocycles. The van der Waals surface area contributed by atoms with Crippen molar-refractivity contribution in [2.75, 3.05) is 45.8 Å². The Kier molecular flexibility index (Phi) is 8.57. The Balaban J connectivity index is 0.00000324. The number of ether oxygens (including phenoxy) is 1. The number of halogens is 2. The molecule has 0 radical (unpaired) electrons. The second-order valence-corrected chi connectivity index (χ2v) is 8.92. The van der Waals surface area contributed by atoms with Crippen LogP contribution in [0, 0.1) is 5.82 Å². The monoisotopic (exact) mass is 488 g/mol. The van der Waals surface area contributed by atoms with Crippen LogP contribution in [0.1, 0.15) is 40.2 Å². The fraction of sp³-hybridized carbons (Fsp3) is 0.423. The summed E-state index contributed by atoms with van der Waals surface area (Å²) in [6.07, 6.45) is 3.43. The zero-order chi connectivity index (χ0) is 23.5. The quantitative estimate of drug-likeness (QED) is 0.535. The zero-order valence-corrected chi connectivity index (χ0v) is 20.9. The van der Waals surface area contributed by atoms with E-state index in [-0.39, 0.29) is 30.0 Å². The van der Waals surface area contributed by atoms with Gasteiger partial charge < -0.3 is 24.8 Å². The minimum absolute atomic E-state index is 0. The molecule has 6 nitrogen and oxygen atoms in total. The number of benzene rings is 2. The largest absolute Gasteiger partial charge is 0.383 e. The van der Waals surface area contributed by atoms with Crippen molar-refractivity contribution in [3.05, 3.63) is 65.1 Å². The minimum atomic E-state index is -0.186. The number of methoxy groups -OCH3 is 1. The molecule has 1 saturated heterocycles. The van der Waals surface area contributed by atoms with Crippen LogP contribution in [0.15, 0.2) is 42.6 Å². The molecule has 2 N–H and O–H groups in total. The highest BCUT2D eigenvalue weighted by Crippen LogP contribution is 2.34. The molecule has 2 aromatic carbocycles. The second kappa shape index (κ2) is 11.2. The molecule has 2 heterocycles. The first-order valence-electron chi connectivity index (χ1n) is 11.5. The molecule has 1 aliphatic heterocycles. The van der Waals surface area contributed by atoms with Gasteiger partial charge in [-0.1, -0.05) is 18.2 Å². The highest BCUT2D eigenvalue weighted by molar-refractivity contribution is 6.11. The third-order valence-corrected chi connectivity index (χ3v) is 6.65. The van der Waals surface area contributed by atoms with Gasteiger partial charge in [0.25, 0.3) is 5.91 Å². The van der Waals surface area contributed by atoms with E-state index < -0.39 is 0 Å². The van der Waals surface area contributed by atoms with Gasteiger partial charge in [0.2, 0.25) is 0 Å². The number of aromatic nitrogens is 1. The first-order valence-corrected chi connectivity index (χ1v) is 11.5. The Hall–Kier alpha value is -2.61. The standard InChI is InChI=1S/C26H33FN4O2.ClH/c1-29(2)23-5-4-6-24-25(23)21(17-31(24)13-14-33-3)26(32)30-11-9-19(10-12-30)20-15-18(16-28)7-8-22(20)27;/h4-8,15,17,19H,9-14,16,28H2,1-3H3;1H. The van der Waals surface area contributed by atoms with E-state index in [9.17, 15) is 9.18 Å². The number of rotatable bonds is 7. The molecule has 1 fully saturated rings. The van der Waals surface area contributed by atoms with Gasteiger partial charge >= 0.3 is 0 Å². The maximum Gasteiger partial charge on any atom is 0.256 e. The maximum atomic E-state index is 14.5. The van der Waals surface area contributed by atoms with E-state index in [1.807, 2.05) is 54.4 Å². The van der Waals surface area contributed by atoms with Crippen LogP contribution in [0.2, 0.25) is 0 Å². The molecule has 34 heavy (non-hydrogen) atoms. The summed E-state index contributed by atoms with van der Waals surface area (Å²) >= 11 is 0. The van der Waals surface area contributed by atoms with Crippen molar-refractivity contribution in [1.29, 1.82) is 0 Å². The summed E-state index contributed by atoms with van der Waals surface area (Å²) in [6.45, 7) is 2.85. The summed E-state index contributed by atoms with van der Waals surface area (Å²) in [6, 6.07) is 11.2. The number of piperidine rings is 1. The van der Waals surface area contributed by atoms with Crippen LogP contribution >= 0.6 is 12.4 Å². The summed E-state index contributed by atoms with van der Waals surface area (Å²) in [5.74, 6) is -0.0603. The topological polar surface area (TPSA) is 63.7 Å². The smallest absolute Gasteiger partial charge is 0.256 e. The molecule has 184 valence electrons. The van der Waals surface area contributed by atoms with Crippen molar-refractivity contribution in [3.8, 4) is 0 Å². The van der Waals surface area contributed by atoms with E-state index in [1.165, 1.54) is 6.07 Å². The lowest BCUT2D eigenvalue weighted by molar-refractivity contribution is 0.0714. The van der Waals surface area contributed by atoms with Gasteiger partial charge in [0.1, 0.15) is 5.82 Å². The van der Waals surface area contributed by atoms with E-state index in [2.05, 4.69) is 4.57 Å². The molecule has 1 aliphatic rings. The van der Waals surface area contributed by atoms with Gasteiger partial charge in [0.15, 0.2) is 0 Å². The van der Waals surface area contributed by atoms with E-state index in [0.29, 0.717) is 38.3 Å². The molecule has 0 bridgehead atoms. The predicted molar refractivity (Wildman–Crippen MR) is 138 cm³/mol. The lowest BCUT2D eigenvalue weighted by Crippen LogP contribution is -2.38. The number of fused-ring (bicyclic) bond motifs is 1. The van der Waals surface area contributed by atoms with Crippen LogP contribution < -0.4 is 10.6 Å². The Labute approximate surface area is 206 Å². The number of carbonyl (C=O) groups is 1. The van der Waals surface area contributed by atoms with Crippen LogP contribution in [0.5, 0.6) is 0 Å². The summed E-state index contributed by atoms with van der Waals surface area (Å²) < 4.78 is 21.8. The molecule has 3 aromatic rings. The van der Waals surface area contributed by atoms with Crippen LogP contribution in [-0.4, -0.2) is 56.3 Å². The van der Waals surface area contributed by atoms with E-state index >= 15 is 0 Å². The highest BCUT2D eigenvalue weighted by atomic mass is 35.5. The Bertz CT molecular complexity index is 1140. The van der Waals surface area contributed by atoms with Crippen LogP contribution in [0.4, 0.5) is 10.1 Å². The first-order chi connectivity index (χ1) is 15.9. The van der Waals surface area contributed by atoms with E-state index in [0.717, 1.165) is 40.6 Å². The maximum absolute atomic E-state index is 14.5. The number of hydrogen-bond acceptors (Lipinski definition) is 4. The summed E-state index contributed by atoms with van der Waals surface area (Å²) in [5, 5.41) is 0.965. The summed E-state index contributed by atoms with van der Waals surface area (Å²) in [7, 11) is 5.66. The van der Waals surface area contributed by atoms with Gasteiger partial charge in [-0.25, -0.2) is 4.39 Å². The lowest BCUT2D eigenvalue weighted by Gasteiger charge is -2.32. The molecule has 0 saturated carbocycles. The fourth-order valence-electron chi connectivity index (χ4n) is 4.84. The highest BCUT2D eigenvalue weighted by Gasteiger charge is 2.29. The third kappa shape index (κ3) is 5.06. The number of nitrogens with two attached hydrogens (primary N) is 1. The molecular formula is C26H34ClFN4O2. The van der Waals surface area contributed by atoms with Gasteiger partial charge in [0.05, 0.1) is 17.7 Å². The van der Waals surface area contributed by atoms with Gasteiger partial charge in [-0.3, -0.25) is 4.79 Å². The Morgan fingerprint density at radius 1 is 1.21 bits per heavy atom. The second-order valence-electron chi connectivity index (χ2n) is 8.92. The molecule has 0 unspecified atom stereocenters. The van der Waals surface area contributed by atoms with Crippen molar-refractivity contribution in [1.82, 2.24) is 9.47 Å². The van der Waals surface area contributed by atoms with E-state index in [4.69, 9.17) is 10.5 Å². The third-order valence-electron chi connectivity index (χ3n) is 6.65. The number of nitrogens with zero attached hydrogens (tertiary/aromatic N) is 3. The van der Waals surface area contributed by atoms with Crippen molar-refractivity contribution < 1.29 is 13.9 Å². The average molecular weight is 489 g/mol. The molecule has 8 heteroatoms. The lowest BCUT2D eigenvalue weighted by atomic mass is 9.88. The number of carbonyl (C=O) groups excluding carboxylic acids is 1. The minimum Gasteiger partial charge on any atom is -0.383 e. The van der Waals surface area contributed by atoms with Crippen molar-refractivity contribution in [2.45, 2.75) is 31.8 Å². The van der Waals surface area contributed by atoms with Crippen molar-refractivity contribution >= 4 is 34.9 Å². The molecule has 0 spiro atoms. The molecule has 0 atom stereocenters. The number of likely N-dealkylation sites (tertiary alicyclic amines) is 1. The molecular weight excluding hydrogens is 455 g/mol. The summed E-state index contributed by atoms with van der Waals surface area (Å²) in [5.41, 5.74) is 10.2. The molecule has 1 amide bonds.